The Morgan fingerprint density at radius 2 is 2.00 bits per heavy atom. The van der Waals surface area contributed by atoms with Gasteiger partial charge in [-0.25, -0.2) is 0 Å². The highest BCUT2D eigenvalue weighted by molar-refractivity contribution is 6.38. The third-order valence-corrected chi connectivity index (χ3v) is 1.94. The molecule has 1 unspecified atom stereocenters. The fourth-order valence-electron chi connectivity index (χ4n) is 0.865. The fourth-order valence-corrected chi connectivity index (χ4v) is 0.865. The smallest absolute Gasteiger partial charge is 0.516 e. The van der Waals surface area contributed by atoms with Gasteiger partial charge in [-0.3, -0.25) is 0 Å². The van der Waals surface area contributed by atoms with E-state index in [-0.39, 0.29) is 0 Å². The Morgan fingerprint density at radius 3 is 2.31 bits per heavy atom. The van der Waals surface area contributed by atoms with Gasteiger partial charge in [-0.15, -0.1) is 0 Å². The molecule has 3 nitrogen and oxygen atoms in total. The van der Waals surface area contributed by atoms with E-state index >= 15 is 0 Å². The highest BCUT2D eigenvalue weighted by atomic mass is 16.8. The van der Waals surface area contributed by atoms with Crippen LogP contribution in [0, 0.1) is 20.8 Å². The summed E-state index contributed by atoms with van der Waals surface area (Å²) in [5.41, 5.74) is -1.76. The molecule has 1 fully saturated rings. The minimum atomic E-state index is -0.951. The third kappa shape index (κ3) is 1.95. The van der Waals surface area contributed by atoms with E-state index in [1.807, 2.05) is 0 Å². The number of rotatable bonds is 2. The molecule has 0 saturated carbocycles. The minimum Gasteiger partial charge on any atom is -0.516 e. The molecule has 1 aliphatic rings. The van der Waals surface area contributed by atoms with E-state index in [1.54, 1.807) is 13.8 Å². The molecule has 1 saturated heterocycles. The first-order chi connectivity index (χ1) is 5.74. The lowest BCUT2D eigenvalue weighted by atomic mass is 9.90. The van der Waals surface area contributed by atoms with Crippen LogP contribution in [0.25, 0.3) is 0 Å². The summed E-state index contributed by atoms with van der Waals surface area (Å²) in [6.45, 7) is 18.3. The molecular formula is C9H14BO3+2. The monoisotopic (exact) mass is 181 g/mol. The van der Waals surface area contributed by atoms with Crippen LogP contribution >= 0.6 is 0 Å². The first-order valence-corrected chi connectivity index (χ1v) is 3.98. The first-order valence-electron chi connectivity index (χ1n) is 3.98. The summed E-state index contributed by atoms with van der Waals surface area (Å²) in [6, 6.07) is 0. The van der Waals surface area contributed by atoms with Gasteiger partial charge in [-0.2, -0.15) is 0 Å². The van der Waals surface area contributed by atoms with Crippen molar-refractivity contribution in [1.82, 2.24) is 0 Å². The molecule has 0 amide bonds. The molecule has 1 atom stereocenters. The Balaban J connectivity index is 2.65. The molecule has 0 aromatic rings. The molecular weight excluding hydrogens is 167 g/mol. The Morgan fingerprint density at radius 1 is 1.46 bits per heavy atom. The van der Waals surface area contributed by atoms with Gasteiger partial charge in [0.1, 0.15) is 13.8 Å². The third-order valence-electron chi connectivity index (χ3n) is 1.94. The summed E-state index contributed by atoms with van der Waals surface area (Å²) in [5, 5.41) is 0. The van der Waals surface area contributed by atoms with Crippen LogP contribution in [0.15, 0.2) is 12.3 Å². The van der Waals surface area contributed by atoms with Gasteiger partial charge in [0.25, 0.3) is 11.2 Å². The lowest BCUT2D eigenvalue weighted by Gasteiger charge is -2.17. The zero-order valence-electron chi connectivity index (χ0n) is 8.13. The first kappa shape index (κ1) is 10.3. The minimum absolute atomic E-state index is 0.513. The van der Waals surface area contributed by atoms with Crippen molar-refractivity contribution in [3.8, 4) is 0 Å². The van der Waals surface area contributed by atoms with Crippen LogP contribution in [0.4, 0.5) is 0 Å². The molecule has 0 aromatic carbocycles. The van der Waals surface area contributed by atoms with Crippen molar-refractivity contribution in [2.24, 2.45) is 0 Å². The molecule has 69 valence electrons. The predicted molar refractivity (Wildman–Crippen MR) is 51.0 cm³/mol. The van der Waals surface area contributed by atoms with Crippen molar-refractivity contribution >= 4 is 7.32 Å². The van der Waals surface area contributed by atoms with E-state index in [1.165, 1.54) is 0 Å². The van der Waals surface area contributed by atoms with Crippen molar-refractivity contribution < 1.29 is 14.0 Å². The van der Waals surface area contributed by atoms with Gasteiger partial charge in [0, 0.05) is 13.8 Å². The van der Waals surface area contributed by atoms with Gasteiger partial charge >= 0.3 is 7.32 Å². The average Bonchev–Trinajstić information content (AvgIpc) is 1.98. The summed E-state index contributed by atoms with van der Waals surface area (Å²) >= 11 is 0. The van der Waals surface area contributed by atoms with Gasteiger partial charge in [-0.1, -0.05) is 6.58 Å². The van der Waals surface area contributed by atoms with Crippen LogP contribution in [-0.4, -0.2) is 18.5 Å². The van der Waals surface area contributed by atoms with E-state index in [2.05, 4.69) is 27.4 Å². The predicted octanol–water partition coefficient (Wildman–Crippen LogP) is 1.57. The Hall–Kier alpha value is -0.735. The van der Waals surface area contributed by atoms with Gasteiger partial charge in [-0.05, 0) is 6.92 Å². The highest BCUT2D eigenvalue weighted by Gasteiger charge is 2.65. The number of allylic oxidation sites excluding steroid dienone is 1. The van der Waals surface area contributed by atoms with E-state index < -0.39 is 18.5 Å². The molecule has 0 aromatic heterocycles. The van der Waals surface area contributed by atoms with Crippen LogP contribution < -0.4 is 0 Å². The zero-order valence-corrected chi connectivity index (χ0v) is 8.13. The summed E-state index contributed by atoms with van der Waals surface area (Å²) < 4.78 is 15.7. The Bertz CT molecular complexity index is 207. The van der Waals surface area contributed by atoms with Crippen LogP contribution in [0.5, 0.6) is 0 Å². The molecule has 0 spiro atoms. The fraction of sp³-hybridized carbons (Fsp3) is 0.444. The van der Waals surface area contributed by atoms with Crippen molar-refractivity contribution in [2.75, 3.05) is 0 Å². The van der Waals surface area contributed by atoms with E-state index in [0.29, 0.717) is 5.76 Å². The van der Waals surface area contributed by atoms with Gasteiger partial charge < -0.3 is 14.0 Å². The topological polar surface area (TPSA) is 27.7 Å². The van der Waals surface area contributed by atoms with Gasteiger partial charge in [0.15, 0.2) is 0 Å². The van der Waals surface area contributed by atoms with Crippen molar-refractivity contribution in [3.05, 3.63) is 33.1 Å². The van der Waals surface area contributed by atoms with Crippen molar-refractivity contribution in [3.63, 3.8) is 0 Å². The standard InChI is InChI=1S/C9H14BO3/c1-7(2)11-10-12-8(3,4)9(5,6)13-10/h1,3-5H2,2,6H3/q+2. The molecule has 0 aliphatic carbocycles. The van der Waals surface area contributed by atoms with E-state index in [0.717, 1.165) is 0 Å². The largest absolute Gasteiger partial charge is 0.720 e. The average molecular weight is 181 g/mol. The second-order valence-electron chi connectivity index (χ2n) is 3.57. The van der Waals surface area contributed by atoms with E-state index in [4.69, 9.17) is 14.0 Å². The molecule has 13 heavy (non-hydrogen) atoms. The molecule has 0 N–H and O–H groups in total. The molecule has 4 heteroatoms. The molecule has 1 aliphatic heterocycles. The van der Waals surface area contributed by atoms with E-state index in [9.17, 15) is 0 Å². The van der Waals surface area contributed by atoms with Gasteiger partial charge in [0.05, 0.1) is 5.76 Å². The van der Waals surface area contributed by atoms with Crippen molar-refractivity contribution in [1.29, 1.82) is 0 Å². The molecule has 1 rings (SSSR count). The van der Waals surface area contributed by atoms with Crippen LogP contribution in [-0.2, 0) is 14.0 Å². The second kappa shape index (κ2) is 2.89. The van der Waals surface area contributed by atoms with Crippen LogP contribution in [0.3, 0.4) is 0 Å². The SMILES string of the molecule is [CH2]C1([CH2+])OB(OC(=C)C)OC1([CH2+])C. The molecule has 1 radical (unpaired) electrons. The maximum Gasteiger partial charge on any atom is 0.720 e. The van der Waals surface area contributed by atoms with Crippen LogP contribution in [0.1, 0.15) is 13.8 Å². The summed E-state index contributed by atoms with van der Waals surface area (Å²) in [5.74, 6) is 0.513. The normalized spacial score (nSPS) is 39.2. The van der Waals surface area contributed by atoms with Crippen LogP contribution in [0.2, 0.25) is 0 Å². The second-order valence-corrected chi connectivity index (χ2v) is 3.57. The summed E-state index contributed by atoms with van der Waals surface area (Å²) in [7, 11) is -0.810. The quantitative estimate of drug-likeness (QED) is 0.367. The highest BCUT2D eigenvalue weighted by Crippen LogP contribution is 2.36. The van der Waals surface area contributed by atoms with Crippen molar-refractivity contribution in [2.45, 2.75) is 25.0 Å². The van der Waals surface area contributed by atoms with Gasteiger partial charge in [0.2, 0.25) is 0 Å². The summed E-state index contributed by atoms with van der Waals surface area (Å²) in [4.78, 5) is 0. The number of hydrogen-bond acceptors (Lipinski definition) is 3. The molecule has 1 heterocycles. The molecule has 0 bridgehead atoms. The lowest BCUT2D eigenvalue weighted by molar-refractivity contribution is 0.0689. The Kier molecular flexibility index (Phi) is 2.30. The maximum atomic E-state index is 5.33. The summed E-state index contributed by atoms with van der Waals surface area (Å²) in [6.07, 6.45) is 0. The lowest BCUT2D eigenvalue weighted by Crippen LogP contribution is -2.42. The maximum absolute atomic E-state index is 5.33. The zero-order chi connectivity index (χ0) is 10.3. The number of hydrogen-bond donors (Lipinski definition) is 0. The Labute approximate surface area is 80.2 Å².